The Morgan fingerprint density at radius 2 is 1.75 bits per heavy atom. The van der Waals surface area contributed by atoms with Gasteiger partial charge in [-0.3, -0.25) is 4.90 Å². The molecule has 20 heavy (non-hydrogen) atoms. The van der Waals surface area contributed by atoms with E-state index in [1.54, 1.807) is 0 Å². The van der Waals surface area contributed by atoms with Crippen LogP contribution in [0.2, 0.25) is 0 Å². The lowest BCUT2D eigenvalue weighted by molar-refractivity contribution is 0.226. The van der Waals surface area contributed by atoms with Crippen molar-refractivity contribution in [2.45, 2.75) is 32.7 Å². The van der Waals surface area contributed by atoms with Gasteiger partial charge in [0, 0.05) is 44.5 Å². The number of nitrogens with zero attached hydrogens (tertiary/aromatic N) is 2. The van der Waals surface area contributed by atoms with Gasteiger partial charge in [-0.15, -0.1) is 0 Å². The fourth-order valence-electron chi connectivity index (χ4n) is 2.83. The van der Waals surface area contributed by atoms with Crippen molar-refractivity contribution in [2.24, 2.45) is 0 Å². The van der Waals surface area contributed by atoms with Crippen molar-refractivity contribution in [3.05, 3.63) is 30.3 Å². The maximum Gasteiger partial charge on any atom is 0.0367 e. The Labute approximate surface area is 124 Å². The molecule has 112 valence electrons. The maximum atomic E-state index is 3.65. The highest BCUT2D eigenvalue weighted by Crippen LogP contribution is 2.15. The zero-order valence-electron chi connectivity index (χ0n) is 13.0. The molecule has 0 bridgehead atoms. The first kappa shape index (κ1) is 15.3. The first-order valence-corrected chi connectivity index (χ1v) is 8.09. The van der Waals surface area contributed by atoms with E-state index in [0.29, 0.717) is 6.04 Å². The Morgan fingerprint density at radius 3 is 2.35 bits per heavy atom. The topological polar surface area (TPSA) is 18.5 Å². The molecule has 0 aliphatic carbocycles. The number of hydrogen-bond acceptors (Lipinski definition) is 3. The van der Waals surface area contributed by atoms with E-state index in [-0.39, 0.29) is 0 Å². The van der Waals surface area contributed by atoms with Gasteiger partial charge >= 0.3 is 0 Å². The molecule has 1 heterocycles. The van der Waals surface area contributed by atoms with Gasteiger partial charge in [0.1, 0.15) is 0 Å². The van der Waals surface area contributed by atoms with Crippen LogP contribution in [0.4, 0.5) is 5.69 Å². The van der Waals surface area contributed by atoms with E-state index < -0.39 is 0 Å². The fourth-order valence-corrected chi connectivity index (χ4v) is 2.83. The highest BCUT2D eigenvalue weighted by molar-refractivity contribution is 5.46. The van der Waals surface area contributed by atoms with E-state index in [0.717, 1.165) is 19.6 Å². The van der Waals surface area contributed by atoms with Crippen LogP contribution in [-0.4, -0.2) is 50.2 Å². The highest BCUT2D eigenvalue weighted by Gasteiger charge is 2.19. The second kappa shape index (κ2) is 8.28. The smallest absolute Gasteiger partial charge is 0.0367 e. The van der Waals surface area contributed by atoms with Crippen LogP contribution < -0.4 is 10.2 Å². The van der Waals surface area contributed by atoms with Gasteiger partial charge in [-0.25, -0.2) is 0 Å². The average molecular weight is 275 g/mol. The fraction of sp³-hybridized carbons (Fsp3) is 0.647. The van der Waals surface area contributed by atoms with Crippen molar-refractivity contribution in [3.8, 4) is 0 Å². The molecule has 1 aromatic rings. The monoisotopic (exact) mass is 275 g/mol. The summed E-state index contributed by atoms with van der Waals surface area (Å²) in [6.07, 6.45) is 2.44. The first-order chi connectivity index (χ1) is 9.83. The minimum atomic E-state index is 0.651. The van der Waals surface area contributed by atoms with Crippen LogP contribution in [0.3, 0.4) is 0 Å². The number of benzene rings is 1. The SMILES string of the molecule is CCCNC(CC)CN1CCN(c2ccccc2)CC1. The lowest BCUT2D eigenvalue weighted by Gasteiger charge is -2.37. The zero-order chi connectivity index (χ0) is 14.2. The van der Waals surface area contributed by atoms with Gasteiger partial charge in [0.2, 0.25) is 0 Å². The molecule has 0 amide bonds. The minimum absolute atomic E-state index is 0.651. The molecule has 1 saturated heterocycles. The molecule has 1 aliphatic rings. The summed E-state index contributed by atoms with van der Waals surface area (Å²) < 4.78 is 0. The molecule has 3 nitrogen and oxygen atoms in total. The maximum absolute atomic E-state index is 3.65. The van der Waals surface area contributed by atoms with Crippen LogP contribution >= 0.6 is 0 Å². The predicted molar refractivity (Wildman–Crippen MR) is 87.5 cm³/mol. The second-order valence-electron chi connectivity index (χ2n) is 5.68. The lowest BCUT2D eigenvalue weighted by Crippen LogP contribution is -2.50. The summed E-state index contributed by atoms with van der Waals surface area (Å²) in [4.78, 5) is 5.10. The Hall–Kier alpha value is -1.06. The number of para-hydroxylation sites is 1. The van der Waals surface area contributed by atoms with Gasteiger partial charge in [0.25, 0.3) is 0 Å². The Bertz CT molecular complexity index is 358. The van der Waals surface area contributed by atoms with Crippen molar-refractivity contribution < 1.29 is 0 Å². The van der Waals surface area contributed by atoms with Crippen LogP contribution in [0.25, 0.3) is 0 Å². The molecular formula is C17H29N3. The van der Waals surface area contributed by atoms with Crippen molar-refractivity contribution in [3.63, 3.8) is 0 Å². The summed E-state index contributed by atoms with van der Waals surface area (Å²) in [7, 11) is 0. The van der Waals surface area contributed by atoms with E-state index in [4.69, 9.17) is 0 Å². The van der Waals surface area contributed by atoms with Crippen LogP contribution in [0.15, 0.2) is 30.3 Å². The molecule has 0 radical (unpaired) electrons. The van der Waals surface area contributed by atoms with Crippen LogP contribution in [0.5, 0.6) is 0 Å². The van der Waals surface area contributed by atoms with E-state index in [9.17, 15) is 0 Å². The third kappa shape index (κ3) is 4.50. The second-order valence-corrected chi connectivity index (χ2v) is 5.68. The summed E-state index contributed by atoms with van der Waals surface area (Å²) in [5, 5.41) is 3.65. The van der Waals surface area contributed by atoms with Crippen LogP contribution in [0.1, 0.15) is 26.7 Å². The van der Waals surface area contributed by atoms with Crippen molar-refractivity contribution in [2.75, 3.05) is 44.2 Å². The van der Waals surface area contributed by atoms with E-state index in [1.165, 1.54) is 38.2 Å². The van der Waals surface area contributed by atoms with Gasteiger partial charge in [-0.05, 0) is 31.5 Å². The number of nitrogens with one attached hydrogen (secondary N) is 1. The van der Waals surface area contributed by atoms with Crippen molar-refractivity contribution >= 4 is 5.69 Å². The molecule has 1 fully saturated rings. The quantitative estimate of drug-likeness (QED) is 0.825. The minimum Gasteiger partial charge on any atom is -0.369 e. The normalized spacial score (nSPS) is 18.2. The summed E-state index contributed by atoms with van der Waals surface area (Å²) in [6, 6.07) is 11.4. The Balaban J connectivity index is 1.76. The van der Waals surface area contributed by atoms with Gasteiger partial charge in [0.15, 0.2) is 0 Å². The van der Waals surface area contributed by atoms with Crippen LogP contribution in [-0.2, 0) is 0 Å². The van der Waals surface area contributed by atoms with E-state index >= 15 is 0 Å². The highest BCUT2D eigenvalue weighted by atomic mass is 15.3. The van der Waals surface area contributed by atoms with Crippen molar-refractivity contribution in [1.82, 2.24) is 10.2 Å². The summed E-state index contributed by atoms with van der Waals surface area (Å²) in [5.74, 6) is 0. The standard InChI is InChI=1S/C17H29N3/c1-3-10-18-16(4-2)15-19-11-13-20(14-12-19)17-8-6-5-7-9-17/h5-9,16,18H,3-4,10-15H2,1-2H3. The summed E-state index contributed by atoms with van der Waals surface area (Å²) in [6.45, 7) is 11.5. The molecule has 1 aromatic carbocycles. The molecule has 2 rings (SSSR count). The molecule has 1 unspecified atom stereocenters. The molecule has 0 saturated carbocycles. The van der Waals surface area contributed by atoms with Gasteiger partial charge < -0.3 is 10.2 Å². The first-order valence-electron chi connectivity index (χ1n) is 8.09. The largest absolute Gasteiger partial charge is 0.369 e. The molecular weight excluding hydrogens is 246 g/mol. The number of piperazine rings is 1. The molecule has 0 spiro atoms. The number of rotatable bonds is 7. The number of anilines is 1. The van der Waals surface area contributed by atoms with Crippen LogP contribution in [0, 0.1) is 0 Å². The lowest BCUT2D eigenvalue weighted by atomic mass is 10.1. The Morgan fingerprint density at radius 1 is 1.05 bits per heavy atom. The van der Waals surface area contributed by atoms with Crippen molar-refractivity contribution in [1.29, 1.82) is 0 Å². The van der Waals surface area contributed by atoms with E-state index in [2.05, 4.69) is 59.3 Å². The van der Waals surface area contributed by atoms with E-state index in [1.807, 2.05) is 0 Å². The number of hydrogen-bond donors (Lipinski definition) is 1. The zero-order valence-corrected chi connectivity index (χ0v) is 13.0. The summed E-state index contributed by atoms with van der Waals surface area (Å²) in [5.41, 5.74) is 1.36. The third-order valence-corrected chi connectivity index (χ3v) is 4.15. The Kier molecular flexibility index (Phi) is 6.34. The average Bonchev–Trinajstić information content (AvgIpc) is 2.53. The molecule has 3 heteroatoms. The molecule has 0 aromatic heterocycles. The van der Waals surface area contributed by atoms with Gasteiger partial charge in [0.05, 0.1) is 0 Å². The molecule has 1 atom stereocenters. The third-order valence-electron chi connectivity index (χ3n) is 4.15. The van der Waals surface area contributed by atoms with Gasteiger partial charge in [-0.1, -0.05) is 32.0 Å². The summed E-state index contributed by atoms with van der Waals surface area (Å²) >= 11 is 0. The van der Waals surface area contributed by atoms with Gasteiger partial charge in [-0.2, -0.15) is 0 Å². The molecule has 1 aliphatic heterocycles. The predicted octanol–water partition coefficient (Wildman–Crippen LogP) is 2.59. The molecule has 1 N–H and O–H groups in total.